The van der Waals surface area contributed by atoms with E-state index in [4.69, 9.17) is 14.2 Å². The third-order valence-corrected chi connectivity index (χ3v) is 11.2. The van der Waals surface area contributed by atoms with E-state index in [1.165, 1.54) is 96.3 Å². The lowest BCUT2D eigenvalue weighted by Gasteiger charge is -2.18. The van der Waals surface area contributed by atoms with E-state index < -0.39 is 6.10 Å². The zero-order valence-electron chi connectivity index (χ0n) is 41.8. The highest BCUT2D eigenvalue weighted by Gasteiger charge is 2.19. The molecular weight excluding hydrogens is 793 g/mol. The van der Waals surface area contributed by atoms with E-state index in [0.717, 1.165) is 109 Å². The quantitative estimate of drug-likeness (QED) is 0.0199. The van der Waals surface area contributed by atoms with Gasteiger partial charge in [-0.3, -0.25) is 14.4 Å². The van der Waals surface area contributed by atoms with Gasteiger partial charge >= 0.3 is 17.9 Å². The van der Waals surface area contributed by atoms with Crippen LogP contribution < -0.4 is 0 Å². The third kappa shape index (κ3) is 49.6. The molecule has 0 aromatic rings. The van der Waals surface area contributed by atoms with Gasteiger partial charge < -0.3 is 14.2 Å². The molecule has 0 aliphatic heterocycles. The van der Waals surface area contributed by atoms with Crippen molar-refractivity contribution in [2.24, 2.45) is 0 Å². The second-order valence-corrected chi connectivity index (χ2v) is 17.5. The highest BCUT2D eigenvalue weighted by molar-refractivity contribution is 5.71. The molecule has 0 heterocycles. The van der Waals surface area contributed by atoms with Crippen molar-refractivity contribution in [2.75, 3.05) is 13.2 Å². The second-order valence-electron chi connectivity index (χ2n) is 17.5. The molecule has 0 radical (unpaired) electrons. The van der Waals surface area contributed by atoms with Gasteiger partial charge in [0.25, 0.3) is 0 Å². The van der Waals surface area contributed by atoms with E-state index in [9.17, 15) is 14.4 Å². The summed E-state index contributed by atoms with van der Waals surface area (Å²) in [5.74, 6) is -0.953. The van der Waals surface area contributed by atoms with Crippen molar-refractivity contribution >= 4 is 17.9 Å². The lowest BCUT2D eigenvalue weighted by atomic mass is 10.1. The van der Waals surface area contributed by atoms with Crippen molar-refractivity contribution in [1.29, 1.82) is 0 Å². The Morgan fingerprint density at radius 1 is 0.344 bits per heavy atom. The van der Waals surface area contributed by atoms with Crippen LogP contribution in [0.3, 0.4) is 0 Å². The first-order valence-corrected chi connectivity index (χ1v) is 26.6. The summed E-state index contributed by atoms with van der Waals surface area (Å²) in [6, 6.07) is 0. The highest BCUT2D eigenvalue weighted by atomic mass is 16.6. The summed E-state index contributed by atoms with van der Waals surface area (Å²) < 4.78 is 16.8. The van der Waals surface area contributed by atoms with Crippen LogP contribution in [0.25, 0.3) is 0 Å². The molecule has 0 aliphatic carbocycles. The third-order valence-electron chi connectivity index (χ3n) is 11.2. The minimum absolute atomic E-state index is 0.0987. The summed E-state index contributed by atoms with van der Waals surface area (Å²) in [6.45, 7) is 6.43. The largest absolute Gasteiger partial charge is 0.462 e. The van der Waals surface area contributed by atoms with Gasteiger partial charge in [-0.1, -0.05) is 215 Å². The molecule has 64 heavy (non-hydrogen) atoms. The zero-order valence-corrected chi connectivity index (χ0v) is 41.8. The molecule has 0 saturated carbocycles. The number of carbonyl (C=O) groups excluding carboxylic acids is 3. The molecule has 6 heteroatoms. The average molecular weight is 891 g/mol. The van der Waals surface area contributed by atoms with Crippen molar-refractivity contribution in [3.63, 3.8) is 0 Å². The van der Waals surface area contributed by atoms with Crippen molar-refractivity contribution < 1.29 is 28.6 Å². The monoisotopic (exact) mass is 891 g/mol. The summed E-state index contributed by atoms with van der Waals surface area (Å²) in [6.07, 6.45) is 67.1. The molecule has 0 aromatic carbocycles. The molecule has 0 saturated heterocycles. The Balaban J connectivity index is 4.46. The number of esters is 3. The average Bonchev–Trinajstić information content (AvgIpc) is 3.29. The molecule has 1 atom stereocenters. The maximum atomic E-state index is 12.8. The van der Waals surface area contributed by atoms with Crippen LogP contribution in [0, 0.1) is 0 Å². The number of hydrogen-bond donors (Lipinski definition) is 0. The smallest absolute Gasteiger partial charge is 0.306 e. The molecule has 0 amide bonds. The van der Waals surface area contributed by atoms with Gasteiger partial charge in [0.1, 0.15) is 13.2 Å². The highest BCUT2D eigenvalue weighted by Crippen LogP contribution is 2.14. The number of ether oxygens (including phenoxy) is 3. The van der Waals surface area contributed by atoms with Gasteiger partial charge in [0, 0.05) is 19.3 Å². The van der Waals surface area contributed by atoms with Gasteiger partial charge in [-0.25, -0.2) is 0 Å². The van der Waals surface area contributed by atoms with Gasteiger partial charge in [0.05, 0.1) is 0 Å². The standard InChI is InChI=1S/C58H98O6/c1-4-7-10-13-16-19-22-25-27-29-31-33-36-39-42-45-48-51-57(60)63-54-55(53-62-56(59)50-47-44-41-38-35-32-24-21-18-15-12-9-6-3)64-58(61)52-49-46-43-40-37-34-30-28-26-23-20-17-14-11-8-5-2/h9,12,15-16,18-19,21,24-25,27-28,30,34,37,55H,4-8,10-11,13-14,17,20,22-23,26,29,31-33,35-36,38-54H2,1-3H3/b12-9-,18-15-,19-16-,24-21-,27-25-,30-28-,37-34-. The first kappa shape index (κ1) is 60.6. The first-order valence-electron chi connectivity index (χ1n) is 26.6. The molecule has 0 bridgehead atoms. The normalized spacial score (nSPS) is 12.7. The Bertz CT molecular complexity index is 1250. The molecule has 0 aromatic heterocycles. The van der Waals surface area contributed by atoms with Crippen molar-refractivity contribution in [3.8, 4) is 0 Å². The van der Waals surface area contributed by atoms with Crippen LogP contribution in [0.5, 0.6) is 0 Å². The molecule has 0 N–H and O–H groups in total. The minimum Gasteiger partial charge on any atom is -0.462 e. The summed E-state index contributed by atoms with van der Waals surface area (Å²) in [7, 11) is 0. The van der Waals surface area contributed by atoms with E-state index in [2.05, 4.69) is 106 Å². The summed E-state index contributed by atoms with van der Waals surface area (Å²) >= 11 is 0. The maximum absolute atomic E-state index is 12.8. The lowest BCUT2D eigenvalue weighted by Crippen LogP contribution is -2.30. The molecule has 0 fully saturated rings. The molecule has 0 rings (SSSR count). The van der Waals surface area contributed by atoms with Gasteiger partial charge in [0.15, 0.2) is 6.10 Å². The van der Waals surface area contributed by atoms with Crippen molar-refractivity contribution in [1.82, 2.24) is 0 Å². The Kier molecular flexibility index (Phi) is 49.4. The van der Waals surface area contributed by atoms with Gasteiger partial charge in [-0.15, -0.1) is 0 Å². The van der Waals surface area contributed by atoms with Crippen LogP contribution in [0.4, 0.5) is 0 Å². The number of carbonyl (C=O) groups is 3. The van der Waals surface area contributed by atoms with Gasteiger partial charge in [-0.05, 0) is 96.3 Å². The molecule has 366 valence electrons. The molecule has 0 aliphatic rings. The summed E-state index contributed by atoms with van der Waals surface area (Å²) in [5, 5.41) is 0. The Morgan fingerprint density at radius 3 is 1.12 bits per heavy atom. The summed E-state index contributed by atoms with van der Waals surface area (Å²) in [4.78, 5) is 38.0. The fourth-order valence-corrected chi connectivity index (χ4v) is 7.17. The molecule has 1 unspecified atom stereocenters. The fraction of sp³-hybridized carbons (Fsp3) is 0.707. The molecule has 0 spiro atoms. The van der Waals surface area contributed by atoms with Crippen LogP contribution in [-0.4, -0.2) is 37.2 Å². The van der Waals surface area contributed by atoms with E-state index in [1.807, 2.05) is 0 Å². The van der Waals surface area contributed by atoms with E-state index >= 15 is 0 Å². The van der Waals surface area contributed by atoms with Gasteiger partial charge in [0.2, 0.25) is 0 Å². The van der Waals surface area contributed by atoms with Crippen molar-refractivity contribution in [2.45, 2.75) is 252 Å². The van der Waals surface area contributed by atoms with E-state index in [-0.39, 0.29) is 37.5 Å². The second kappa shape index (κ2) is 52.2. The van der Waals surface area contributed by atoms with Crippen LogP contribution in [0.2, 0.25) is 0 Å². The fourth-order valence-electron chi connectivity index (χ4n) is 7.17. The van der Waals surface area contributed by atoms with Crippen molar-refractivity contribution in [3.05, 3.63) is 85.1 Å². The maximum Gasteiger partial charge on any atom is 0.306 e. The lowest BCUT2D eigenvalue weighted by molar-refractivity contribution is -0.167. The number of unbranched alkanes of at least 4 members (excludes halogenated alkanes) is 25. The molecular formula is C58H98O6. The minimum atomic E-state index is -0.802. The molecule has 6 nitrogen and oxygen atoms in total. The Morgan fingerprint density at radius 2 is 0.672 bits per heavy atom. The van der Waals surface area contributed by atoms with E-state index in [0.29, 0.717) is 12.8 Å². The zero-order chi connectivity index (χ0) is 46.5. The van der Waals surface area contributed by atoms with Gasteiger partial charge in [-0.2, -0.15) is 0 Å². The number of rotatable bonds is 47. The first-order chi connectivity index (χ1) is 31.5. The van der Waals surface area contributed by atoms with Crippen LogP contribution in [0.15, 0.2) is 85.1 Å². The number of allylic oxidation sites excluding steroid dienone is 14. The van der Waals surface area contributed by atoms with Crippen LogP contribution >= 0.6 is 0 Å². The van der Waals surface area contributed by atoms with Crippen LogP contribution in [0.1, 0.15) is 245 Å². The predicted molar refractivity (Wildman–Crippen MR) is 274 cm³/mol. The predicted octanol–water partition coefficient (Wildman–Crippen LogP) is 17.6. The van der Waals surface area contributed by atoms with E-state index in [1.54, 1.807) is 0 Å². The topological polar surface area (TPSA) is 78.9 Å². The Labute approximate surface area is 395 Å². The Hall–Kier alpha value is -3.41. The summed E-state index contributed by atoms with van der Waals surface area (Å²) in [5.41, 5.74) is 0. The number of hydrogen-bond acceptors (Lipinski definition) is 6. The SMILES string of the molecule is CC\C=C/C=C\C=C/CCCCCCCC(=O)OCC(COC(=O)CCCCCCCCC/C=C\C/C=C\CCCCC)OC(=O)CCCCC/C=C\C=C/CCCCCCCCC. The van der Waals surface area contributed by atoms with Crippen LogP contribution in [-0.2, 0) is 28.6 Å².